The average Bonchev–Trinajstić information content (AvgIpc) is 2.98. The van der Waals surface area contributed by atoms with Crippen molar-refractivity contribution in [3.05, 3.63) is 0 Å². The first-order valence-corrected chi connectivity index (χ1v) is 18.6. The minimum atomic E-state index is -1.13. The number of rotatable bonds is 33. The van der Waals surface area contributed by atoms with Crippen LogP contribution in [0.3, 0.4) is 0 Å². The third-order valence-electron chi connectivity index (χ3n) is 8.49. The van der Waals surface area contributed by atoms with E-state index in [4.69, 9.17) is 14.2 Å². The number of aliphatic carboxylic acids is 1. The number of likely N-dealkylation sites (N-methyl/N-ethyl adjacent to an activating group) is 1. The monoisotopic (exact) mass is 642 g/mol. The van der Waals surface area contributed by atoms with Crippen molar-refractivity contribution in [3.63, 3.8) is 0 Å². The summed E-state index contributed by atoms with van der Waals surface area (Å²) in [6.45, 7) is 4.43. The second-order valence-electron chi connectivity index (χ2n) is 13.8. The van der Waals surface area contributed by atoms with Gasteiger partial charge in [0.2, 0.25) is 0 Å². The van der Waals surface area contributed by atoms with Crippen molar-refractivity contribution in [2.45, 2.75) is 180 Å². The van der Waals surface area contributed by atoms with Crippen LogP contribution in [-0.4, -0.2) is 75.5 Å². The molecule has 0 aromatic heterocycles. The first-order valence-electron chi connectivity index (χ1n) is 18.6. The Labute approximate surface area is 276 Å². The molecule has 0 aromatic carbocycles. The van der Waals surface area contributed by atoms with Gasteiger partial charge in [0.05, 0.1) is 40.3 Å². The molecular weight excluding hydrogens is 570 g/mol. The zero-order valence-corrected chi connectivity index (χ0v) is 30.1. The largest absolute Gasteiger partial charge is 0.544 e. The lowest BCUT2D eigenvalue weighted by molar-refractivity contribution is -0.889. The summed E-state index contributed by atoms with van der Waals surface area (Å²) >= 11 is 0. The van der Waals surface area contributed by atoms with Crippen molar-refractivity contribution in [2.24, 2.45) is 0 Å². The van der Waals surface area contributed by atoms with Gasteiger partial charge in [-0.1, -0.05) is 136 Å². The molecule has 0 aliphatic carbocycles. The number of esters is 2. The van der Waals surface area contributed by atoms with Gasteiger partial charge >= 0.3 is 11.9 Å². The third kappa shape index (κ3) is 28.3. The van der Waals surface area contributed by atoms with Crippen LogP contribution in [0.5, 0.6) is 0 Å². The van der Waals surface area contributed by atoms with Gasteiger partial charge in [-0.2, -0.15) is 0 Å². The summed E-state index contributed by atoms with van der Waals surface area (Å²) < 4.78 is 16.8. The lowest BCUT2D eigenvalue weighted by Gasteiger charge is -2.34. The molecule has 0 radical (unpaired) electrons. The second kappa shape index (κ2) is 29.7. The Morgan fingerprint density at radius 2 is 1.00 bits per heavy atom. The molecule has 45 heavy (non-hydrogen) atoms. The SMILES string of the molecule is CCCCCCCCCCCCCCCCCCCCCC(=O)OC(COCCC(C(=O)[O-])[N+](C)(C)C)COC(=O)CCCC. The van der Waals surface area contributed by atoms with E-state index >= 15 is 0 Å². The highest BCUT2D eigenvalue weighted by Gasteiger charge is 2.25. The van der Waals surface area contributed by atoms with Gasteiger partial charge in [-0.3, -0.25) is 9.59 Å². The molecule has 0 saturated heterocycles. The van der Waals surface area contributed by atoms with Gasteiger partial charge in [-0.25, -0.2) is 0 Å². The minimum absolute atomic E-state index is 0.0445. The van der Waals surface area contributed by atoms with Crippen LogP contribution in [0.15, 0.2) is 0 Å². The van der Waals surface area contributed by atoms with Gasteiger partial charge in [-0.05, 0) is 12.8 Å². The summed E-state index contributed by atoms with van der Waals surface area (Å²) in [4.78, 5) is 36.0. The van der Waals surface area contributed by atoms with Gasteiger partial charge < -0.3 is 28.6 Å². The summed E-state index contributed by atoms with van der Waals surface area (Å²) in [6.07, 6.45) is 26.6. The van der Waals surface area contributed by atoms with Crippen molar-refractivity contribution >= 4 is 17.9 Å². The predicted octanol–water partition coefficient (Wildman–Crippen LogP) is 7.68. The minimum Gasteiger partial charge on any atom is -0.544 e. The fourth-order valence-corrected chi connectivity index (χ4v) is 5.52. The van der Waals surface area contributed by atoms with E-state index in [1.54, 1.807) is 21.1 Å². The summed E-state index contributed by atoms with van der Waals surface area (Å²) in [5, 5.41) is 11.5. The topological polar surface area (TPSA) is 102 Å². The molecule has 0 rings (SSSR count). The molecule has 8 heteroatoms. The predicted molar refractivity (Wildman–Crippen MR) is 181 cm³/mol. The molecule has 0 aliphatic heterocycles. The van der Waals surface area contributed by atoms with Crippen LogP contribution in [0.1, 0.15) is 168 Å². The summed E-state index contributed by atoms with van der Waals surface area (Å²) in [5.74, 6) is -1.77. The number of ether oxygens (including phenoxy) is 3. The van der Waals surface area contributed by atoms with Crippen LogP contribution in [0, 0.1) is 0 Å². The second-order valence-corrected chi connectivity index (χ2v) is 13.8. The fraction of sp³-hybridized carbons (Fsp3) is 0.919. The number of hydrogen-bond acceptors (Lipinski definition) is 7. The van der Waals surface area contributed by atoms with Crippen LogP contribution in [0.2, 0.25) is 0 Å². The van der Waals surface area contributed by atoms with E-state index in [0.717, 1.165) is 32.1 Å². The zero-order valence-electron chi connectivity index (χ0n) is 30.1. The van der Waals surface area contributed by atoms with E-state index in [9.17, 15) is 19.5 Å². The number of carbonyl (C=O) groups excluding carboxylic acids is 3. The fourth-order valence-electron chi connectivity index (χ4n) is 5.52. The summed E-state index contributed by atoms with van der Waals surface area (Å²) in [7, 11) is 5.38. The molecule has 266 valence electrons. The summed E-state index contributed by atoms with van der Waals surface area (Å²) in [5.41, 5.74) is 0. The van der Waals surface area contributed by atoms with Gasteiger partial charge in [0.15, 0.2) is 6.10 Å². The van der Waals surface area contributed by atoms with Crippen molar-refractivity contribution in [3.8, 4) is 0 Å². The van der Waals surface area contributed by atoms with E-state index in [1.807, 2.05) is 6.92 Å². The number of carbonyl (C=O) groups is 3. The Kier molecular flexibility index (Phi) is 28.6. The Hall–Kier alpha value is -1.67. The molecule has 0 aromatic rings. The molecule has 0 bridgehead atoms. The van der Waals surface area contributed by atoms with Crippen molar-refractivity contribution in [1.29, 1.82) is 0 Å². The maximum Gasteiger partial charge on any atom is 0.306 e. The highest BCUT2D eigenvalue weighted by molar-refractivity contribution is 5.70. The zero-order chi connectivity index (χ0) is 33.6. The van der Waals surface area contributed by atoms with Gasteiger partial charge in [-0.15, -0.1) is 0 Å². The number of unbranched alkanes of at least 4 members (excludes halogenated alkanes) is 19. The quantitative estimate of drug-likeness (QED) is 0.0411. The molecule has 2 atom stereocenters. The Bertz CT molecular complexity index is 722. The van der Waals surface area contributed by atoms with E-state index in [1.165, 1.54) is 103 Å². The molecular formula is C37H71NO7. The molecule has 0 N–H and O–H groups in total. The van der Waals surface area contributed by atoms with Crippen molar-refractivity contribution < 1.29 is 38.2 Å². The van der Waals surface area contributed by atoms with Gasteiger partial charge in [0.25, 0.3) is 0 Å². The molecule has 0 fully saturated rings. The number of quaternary nitrogens is 1. The maximum atomic E-state index is 12.5. The first-order chi connectivity index (χ1) is 21.6. The van der Waals surface area contributed by atoms with Crippen molar-refractivity contribution in [1.82, 2.24) is 0 Å². The highest BCUT2D eigenvalue weighted by Crippen LogP contribution is 2.15. The Balaban J connectivity index is 4.02. The number of hydrogen-bond donors (Lipinski definition) is 0. The lowest BCUT2D eigenvalue weighted by atomic mass is 10.0. The lowest BCUT2D eigenvalue weighted by Crippen LogP contribution is -2.55. The first kappa shape index (κ1) is 43.3. The maximum absolute atomic E-state index is 12.5. The van der Waals surface area contributed by atoms with E-state index in [-0.39, 0.29) is 42.7 Å². The van der Waals surface area contributed by atoms with E-state index in [2.05, 4.69) is 6.92 Å². The van der Waals surface area contributed by atoms with Crippen molar-refractivity contribution in [2.75, 3.05) is 41.0 Å². The average molecular weight is 642 g/mol. The van der Waals surface area contributed by atoms with Gasteiger partial charge in [0.1, 0.15) is 12.6 Å². The normalized spacial score (nSPS) is 13.0. The molecule has 8 nitrogen and oxygen atoms in total. The third-order valence-corrected chi connectivity index (χ3v) is 8.49. The standard InChI is InChI=1S/C37H71NO7/c1-6-8-10-11-12-13-14-15-16-17-18-19-20-21-22-23-24-25-26-28-36(40)45-33(32-44-35(39)27-9-7-2)31-43-30-29-34(37(41)42)38(3,4)5/h33-34H,6-32H2,1-5H3. The van der Waals surface area contributed by atoms with Crippen LogP contribution in [0.4, 0.5) is 0 Å². The molecule has 0 spiro atoms. The Morgan fingerprint density at radius 3 is 1.42 bits per heavy atom. The van der Waals surface area contributed by atoms with Gasteiger partial charge in [0, 0.05) is 19.3 Å². The molecule has 0 amide bonds. The van der Waals surface area contributed by atoms with Crippen LogP contribution in [-0.2, 0) is 28.6 Å². The number of nitrogens with zero attached hydrogens (tertiary/aromatic N) is 1. The summed E-state index contributed by atoms with van der Waals surface area (Å²) in [6, 6.07) is -0.716. The van der Waals surface area contributed by atoms with Crippen LogP contribution < -0.4 is 5.11 Å². The highest BCUT2D eigenvalue weighted by atomic mass is 16.6. The molecule has 0 heterocycles. The van der Waals surface area contributed by atoms with Crippen LogP contribution >= 0.6 is 0 Å². The number of carboxylic acids is 1. The van der Waals surface area contributed by atoms with Crippen LogP contribution in [0.25, 0.3) is 0 Å². The molecule has 2 unspecified atom stereocenters. The number of carboxylic acid groups (broad SMARTS) is 1. The molecule has 0 saturated carbocycles. The van der Waals surface area contributed by atoms with E-state index < -0.39 is 18.1 Å². The van der Waals surface area contributed by atoms with E-state index in [0.29, 0.717) is 12.8 Å². The Morgan fingerprint density at radius 1 is 0.578 bits per heavy atom. The smallest absolute Gasteiger partial charge is 0.306 e. The molecule has 0 aliphatic rings.